The fraction of sp³-hybridized carbons (Fsp3) is 0.857. The molecule has 1 amide bonds. The molecule has 1 unspecified atom stereocenters. The van der Waals surface area contributed by atoms with E-state index in [1.807, 2.05) is 0 Å². The van der Waals surface area contributed by atoms with Crippen molar-refractivity contribution in [2.45, 2.75) is 32.2 Å². The molecule has 78 valence electrons. The zero-order chi connectivity index (χ0) is 10.6. The summed E-state index contributed by atoms with van der Waals surface area (Å²) in [5.41, 5.74) is 0. The Morgan fingerprint density at radius 1 is 1.54 bits per heavy atom. The minimum atomic E-state index is -4.91. The molecule has 0 aromatic rings. The maximum absolute atomic E-state index is 11.8. The Bertz CT molecular complexity index is 181. The van der Waals surface area contributed by atoms with E-state index in [4.69, 9.17) is 5.11 Å². The normalized spacial score (nSPS) is 14.0. The molecule has 0 heterocycles. The molecule has 1 N–H and O–H groups in total. The number of carbonyl (C=O) groups is 1. The first kappa shape index (κ1) is 12.2. The first-order valence-electron chi connectivity index (χ1n) is 3.82. The van der Waals surface area contributed by atoms with Crippen molar-refractivity contribution in [3.8, 4) is 0 Å². The van der Waals surface area contributed by atoms with E-state index in [2.05, 4.69) is 0 Å². The molecule has 0 aliphatic rings. The van der Waals surface area contributed by atoms with E-state index in [9.17, 15) is 18.0 Å². The summed E-state index contributed by atoms with van der Waals surface area (Å²) in [7, 11) is 0.927. The molecular weight excluding hydrogens is 187 g/mol. The third-order valence-electron chi connectivity index (χ3n) is 1.56. The molecule has 0 rings (SSSR count). The first-order chi connectivity index (χ1) is 5.80. The van der Waals surface area contributed by atoms with Crippen molar-refractivity contribution in [3.05, 3.63) is 0 Å². The van der Waals surface area contributed by atoms with Gasteiger partial charge in [0.2, 0.25) is 0 Å². The second-order valence-corrected chi connectivity index (χ2v) is 2.68. The standard InChI is InChI=1S/C7H12F3NO2/c1-3-4-5(12)11(2)6(13)7(8,9)10/h5,12H,3-4H2,1-2H3. The minimum Gasteiger partial charge on any atom is -0.374 e. The van der Waals surface area contributed by atoms with Gasteiger partial charge in [0.1, 0.15) is 6.23 Å². The Balaban J connectivity index is 4.26. The fourth-order valence-corrected chi connectivity index (χ4v) is 0.787. The summed E-state index contributed by atoms with van der Waals surface area (Å²) >= 11 is 0. The molecule has 0 aliphatic carbocycles. The summed E-state index contributed by atoms with van der Waals surface area (Å²) in [6.45, 7) is 1.70. The fourth-order valence-electron chi connectivity index (χ4n) is 0.787. The Morgan fingerprint density at radius 2 is 2.00 bits per heavy atom. The zero-order valence-corrected chi connectivity index (χ0v) is 7.43. The molecule has 13 heavy (non-hydrogen) atoms. The number of rotatable bonds is 3. The lowest BCUT2D eigenvalue weighted by atomic mass is 10.3. The number of aliphatic hydroxyl groups is 1. The van der Waals surface area contributed by atoms with Crippen LogP contribution in [0.1, 0.15) is 19.8 Å². The SMILES string of the molecule is CCCC(O)N(C)C(=O)C(F)(F)F. The molecule has 0 aromatic heterocycles. The molecule has 0 aromatic carbocycles. The van der Waals surface area contributed by atoms with Crippen LogP contribution in [0.5, 0.6) is 0 Å². The summed E-state index contributed by atoms with van der Waals surface area (Å²) in [6.07, 6.45) is -5.63. The van der Waals surface area contributed by atoms with Crippen molar-refractivity contribution in [1.29, 1.82) is 0 Å². The molecule has 0 saturated carbocycles. The van der Waals surface area contributed by atoms with Crippen molar-refractivity contribution in [2.75, 3.05) is 7.05 Å². The average molecular weight is 199 g/mol. The lowest BCUT2D eigenvalue weighted by Crippen LogP contribution is -2.44. The third-order valence-corrected chi connectivity index (χ3v) is 1.56. The Morgan fingerprint density at radius 3 is 2.31 bits per heavy atom. The lowest BCUT2D eigenvalue weighted by molar-refractivity contribution is -0.192. The highest BCUT2D eigenvalue weighted by Crippen LogP contribution is 2.19. The predicted molar refractivity (Wildman–Crippen MR) is 39.7 cm³/mol. The van der Waals surface area contributed by atoms with Crippen LogP contribution in [0, 0.1) is 0 Å². The number of carbonyl (C=O) groups excluding carboxylic acids is 1. The highest BCUT2D eigenvalue weighted by Gasteiger charge is 2.42. The van der Waals surface area contributed by atoms with Crippen LogP contribution in [0.15, 0.2) is 0 Å². The largest absolute Gasteiger partial charge is 0.471 e. The highest BCUT2D eigenvalue weighted by molar-refractivity contribution is 5.81. The summed E-state index contributed by atoms with van der Waals surface area (Å²) in [4.78, 5) is 10.8. The van der Waals surface area contributed by atoms with Gasteiger partial charge >= 0.3 is 12.1 Å². The monoisotopic (exact) mass is 199 g/mol. The van der Waals surface area contributed by atoms with Crippen LogP contribution in [-0.4, -0.2) is 35.4 Å². The number of alkyl halides is 3. The van der Waals surface area contributed by atoms with E-state index < -0.39 is 18.3 Å². The van der Waals surface area contributed by atoms with Gasteiger partial charge in [0.05, 0.1) is 0 Å². The van der Waals surface area contributed by atoms with Crippen LogP contribution in [0.4, 0.5) is 13.2 Å². The quantitative estimate of drug-likeness (QED) is 0.692. The van der Waals surface area contributed by atoms with Crippen LogP contribution in [-0.2, 0) is 4.79 Å². The lowest BCUT2D eigenvalue weighted by Gasteiger charge is -2.23. The number of hydrogen-bond donors (Lipinski definition) is 1. The van der Waals surface area contributed by atoms with Crippen molar-refractivity contribution in [2.24, 2.45) is 0 Å². The van der Waals surface area contributed by atoms with Crippen molar-refractivity contribution in [1.82, 2.24) is 4.90 Å². The van der Waals surface area contributed by atoms with Crippen molar-refractivity contribution in [3.63, 3.8) is 0 Å². The summed E-state index contributed by atoms with van der Waals surface area (Å²) in [5.74, 6) is -2.02. The van der Waals surface area contributed by atoms with Gasteiger partial charge < -0.3 is 10.0 Å². The third kappa shape index (κ3) is 3.63. The second kappa shape index (κ2) is 4.45. The molecule has 3 nitrogen and oxygen atoms in total. The van der Waals surface area contributed by atoms with Crippen LogP contribution in [0.25, 0.3) is 0 Å². The Kier molecular flexibility index (Phi) is 4.19. The average Bonchev–Trinajstić information content (AvgIpc) is 2.00. The van der Waals surface area contributed by atoms with Gasteiger partial charge in [-0.2, -0.15) is 13.2 Å². The van der Waals surface area contributed by atoms with Gasteiger partial charge in [0.15, 0.2) is 0 Å². The number of aliphatic hydroxyl groups excluding tert-OH is 1. The highest BCUT2D eigenvalue weighted by atomic mass is 19.4. The molecule has 1 atom stereocenters. The maximum Gasteiger partial charge on any atom is 0.471 e. The molecule has 0 aliphatic heterocycles. The van der Waals surface area contributed by atoms with Crippen LogP contribution in [0.3, 0.4) is 0 Å². The number of amides is 1. The molecule has 0 spiro atoms. The van der Waals surface area contributed by atoms with E-state index >= 15 is 0 Å². The first-order valence-corrected chi connectivity index (χ1v) is 3.82. The molecule has 0 radical (unpaired) electrons. The summed E-state index contributed by atoms with van der Waals surface area (Å²) < 4.78 is 35.4. The van der Waals surface area contributed by atoms with E-state index in [0.29, 0.717) is 11.3 Å². The smallest absolute Gasteiger partial charge is 0.374 e. The van der Waals surface area contributed by atoms with Crippen LogP contribution < -0.4 is 0 Å². The van der Waals surface area contributed by atoms with Crippen molar-refractivity contribution >= 4 is 5.91 Å². The molecule has 6 heteroatoms. The van der Waals surface area contributed by atoms with E-state index in [1.165, 1.54) is 0 Å². The molecule has 0 fully saturated rings. The Labute approximate surface area is 74.1 Å². The molecule has 0 bridgehead atoms. The van der Waals surface area contributed by atoms with Gasteiger partial charge in [0.25, 0.3) is 0 Å². The summed E-state index contributed by atoms with van der Waals surface area (Å²) in [6, 6.07) is 0. The summed E-state index contributed by atoms with van der Waals surface area (Å²) in [5, 5.41) is 9.06. The van der Waals surface area contributed by atoms with E-state index in [1.54, 1.807) is 6.92 Å². The van der Waals surface area contributed by atoms with Gasteiger partial charge in [-0.05, 0) is 6.42 Å². The van der Waals surface area contributed by atoms with Gasteiger partial charge in [-0.3, -0.25) is 4.79 Å². The predicted octanol–water partition coefficient (Wildman–Crippen LogP) is 1.13. The van der Waals surface area contributed by atoms with Gasteiger partial charge in [-0.15, -0.1) is 0 Å². The zero-order valence-electron chi connectivity index (χ0n) is 7.43. The van der Waals surface area contributed by atoms with Crippen molar-refractivity contribution < 1.29 is 23.1 Å². The topological polar surface area (TPSA) is 40.5 Å². The number of nitrogens with zero attached hydrogens (tertiary/aromatic N) is 1. The number of hydrogen-bond acceptors (Lipinski definition) is 2. The Hall–Kier alpha value is -0.780. The van der Waals surface area contributed by atoms with E-state index in [0.717, 1.165) is 7.05 Å². The van der Waals surface area contributed by atoms with Crippen LogP contribution in [0.2, 0.25) is 0 Å². The molecule has 0 saturated heterocycles. The van der Waals surface area contributed by atoms with Gasteiger partial charge in [-0.25, -0.2) is 0 Å². The van der Waals surface area contributed by atoms with Crippen LogP contribution >= 0.6 is 0 Å². The maximum atomic E-state index is 11.8. The van der Waals surface area contributed by atoms with E-state index in [-0.39, 0.29) is 6.42 Å². The van der Waals surface area contributed by atoms with Gasteiger partial charge in [0, 0.05) is 7.05 Å². The molecular formula is C7H12F3NO2. The minimum absolute atomic E-state index is 0.137. The number of halogens is 3. The second-order valence-electron chi connectivity index (χ2n) is 2.68. The van der Waals surface area contributed by atoms with Gasteiger partial charge in [-0.1, -0.05) is 13.3 Å².